The summed E-state index contributed by atoms with van der Waals surface area (Å²) in [5.74, 6) is 0.967. The van der Waals surface area contributed by atoms with Crippen LogP contribution in [-0.4, -0.2) is 22.6 Å². The van der Waals surface area contributed by atoms with Crippen molar-refractivity contribution in [3.05, 3.63) is 91.9 Å². The molecule has 1 heterocycles. The number of hydrogen-bond donors (Lipinski definition) is 2. The first-order chi connectivity index (χ1) is 15.5. The number of rotatable bonds is 6. The number of nitrogens with zero attached hydrogens (tertiary/aromatic N) is 4. The minimum atomic E-state index is 0.484. The van der Waals surface area contributed by atoms with Crippen molar-refractivity contribution in [3.8, 4) is 0 Å². The van der Waals surface area contributed by atoms with Crippen LogP contribution in [0.4, 0.5) is 11.6 Å². The van der Waals surface area contributed by atoms with E-state index < -0.39 is 0 Å². The van der Waals surface area contributed by atoms with E-state index in [-0.39, 0.29) is 0 Å². The number of fused-ring (bicyclic) bond motifs is 1. The highest BCUT2D eigenvalue weighted by molar-refractivity contribution is 6.36. The highest BCUT2D eigenvalue weighted by atomic mass is 35.5. The maximum Gasteiger partial charge on any atom is 0.176 e. The van der Waals surface area contributed by atoms with Gasteiger partial charge in [0.1, 0.15) is 0 Å². The third kappa shape index (κ3) is 5.29. The number of hydrogen-bond acceptors (Lipinski definition) is 6. The predicted molar refractivity (Wildman–Crippen MR) is 135 cm³/mol. The number of anilines is 2. The fourth-order valence-corrected chi connectivity index (χ4v) is 3.72. The lowest BCUT2D eigenvalue weighted by Crippen LogP contribution is -2.01. The van der Waals surface area contributed by atoms with Crippen LogP contribution in [0.2, 0.25) is 20.1 Å². The lowest BCUT2D eigenvalue weighted by Gasteiger charge is -2.08. The molecule has 4 rings (SSSR count). The smallest absolute Gasteiger partial charge is 0.176 e. The largest absolute Gasteiger partial charge is 0.259 e. The fourth-order valence-electron chi connectivity index (χ4n) is 2.81. The summed E-state index contributed by atoms with van der Waals surface area (Å²) < 4.78 is 0. The molecule has 160 valence electrons. The van der Waals surface area contributed by atoms with Gasteiger partial charge in [-0.15, -0.1) is 10.2 Å². The zero-order chi connectivity index (χ0) is 22.5. The topological polar surface area (TPSA) is 74.6 Å². The van der Waals surface area contributed by atoms with Crippen LogP contribution in [0.15, 0.2) is 70.9 Å². The van der Waals surface area contributed by atoms with E-state index in [9.17, 15) is 0 Å². The van der Waals surface area contributed by atoms with E-state index in [1.807, 2.05) is 24.3 Å². The summed E-state index contributed by atoms with van der Waals surface area (Å²) in [6.07, 6.45) is 3.17. The Kier molecular flexibility index (Phi) is 7.07. The van der Waals surface area contributed by atoms with Crippen LogP contribution in [0.3, 0.4) is 0 Å². The third-order valence-electron chi connectivity index (χ3n) is 4.36. The molecule has 2 N–H and O–H groups in total. The average Bonchev–Trinajstić information content (AvgIpc) is 2.77. The summed E-state index contributed by atoms with van der Waals surface area (Å²) in [7, 11) is 0. The molecule has 0 amide bonds. The molecule has 0 atom stereocenters. The van der Waals surface area contributed by atoms with Gasteiger partial charge in [-0.25, -0.2) is 0 Å². The lowest BCUT2D eigenvalue weighted by molar-refractivity contribution is 1.03. The van der Waals surface area contributed by atoms with Gasteiger partial charge in [0.05, 0.1) is 22.5 Å². The maximum absolute atomic E-state index is 6.17. The Morgan fingerprint density at radius 3 is 1.47 bits per heavy atom. The molecule has 0 radical (unpaired) electrons. The monoisotopic (exact) mass is 502 g/mol. The van der Waals surface area contributed by atoms with Crippen LogP contribution in [0, 0.1) is 0 Å². The second-order valence-corrected chi connectivity index (χ2v) is 8.20. The Morgan fingerprint density at radius 1 is 0.625 bits per heavy atom. The van der Waals surface area contributed by atoms with Crippen molar-refractivity contribution >= 4 is 81.2 Å². The quantitative estimate of drug-likeness (QED) is 0.216. The molecule has 1 aromatic heterocycles. The summed E-state index contributed by atoms with van der Waals surface area (Å²) in [6.45, 7) is 0. The molecule has 6 nitrogen and oxygen atoms in total. The minimum absolute atomic E-state index is 0.484. The summed E-state index contributed by atoms with van der Waals surface area (Å²) in [5, 5.41) is 20.6. The van der Waals surface area contributed by atoms with E-state index in [0.717, 1.165) is 10.8 Å². The molecule has 0 fully saturated rings. The number of halogens is 4. The van der Waals surface area contributed by atoms with Gasteiger partial charge in [0.2, 0.25) is 0 Å². The molecule has 0 spiro atoms. The van der Waals surface area contributed by atoms with Gasteiger partial charge in [0.25, 0.3) is 0 Å². The van der Waals surface area contributed by atoms with E-state index >= 15 is 0 Å². The van der Waals surface area contributed by atoms with Crippen molar-refractivity contribution < 1.29 is 0 Å². The van der Waals surface area contributed by atoms with E-state index in [0.29, 0.717) is 42.9 Å². The van der Waals surface area contributed by atoms with Gasteiger partial charge in [0, 0.05) is 31.9 Å². The van der Waals surface area contributed by atoms with Crippen LogP contribution in [0.25, 0.3) is 10.8 Å². The average molecular weight is 504 g/mol. The summed E-state index contributed by atoms with van der Waals surface area (Å²) in [4.78, 5) is 0. The molecule has 0 saturated heterocycles. The number of aromatic nitrogens is 2. The van der Waals surface area contributed by atoms with E-state index in [4.69, 9.17) is 46.4 Å². The predicted octanol–water partition coefficient (Wildman–Crippen LogP) is 7.14. The van der Waals surface area contributed by atoms with Gasteiger partial charge >= 0.3 is 0 Å². The number of nitrogens with one attached hydrogen (secondary N) is 2. The van der Waals surface area contributed by atoms with Crippen LogP contribution < -0.4 is 10.9 Å². The standard InChI is InChI=1S/C22H14Cl4N6/c23-15-7-5-13(19(25)9-15)11-27-29-21-17-3-1-2-4-18(17)22(32-31-21)30-28-12-14-6-8-16(24)10-20(14)26/h1-12H,(H,29,31)(H,30,32)/b27-11+,28-12+. The molecular weight excluding hydrogens is 490 g/mol. The van der Waals surface area contributed by atoms with Gasteiger partial charge < -0.3 is 0 Å². The Labute approximate surface area is 203 Å². The molecule has 0 unspecified atom stereocenters. The van der Waals surface area contributed by atoms with Crippen molar-refractivity contribution in [3.63, 3.8) is 0 Å². The molecular formula is C22H14Cl4N6. The van der Waals surface area contributed by atoms with Crippen molar-refractivity contribution in [2.45, 2.75) is 0 Å². The fraction of sp³-hybridized carbons (Fsp3) is 0. The highest BCUT2D eigenvalue weighted by Gasteiger charge is 2.08. The number of benzene rings is 3. The van der Waals surface area contributed by atoms with E-state index in [1.165, 1.54) is 0 Å². The zero-order valence-electron chi connectivity index (χ0n) is 16.2. The van der Waals surface area contributed by atoms with Crippen LogP contribution >= 0.6 is 46.4 Å². The molecule has 0 aliphatic rings. The Bertz CT molecular complexity index is 1240. The first kappa shape index (κ1) is 22.3. The molecule has 0 aliphatic carbocycles. The molecule has 0 saturated carbocycles. The normalized spacial score (nSPS) is 11.5. The minimum Gasteiger partial charge on any atom is -0.259 e. The Balaban J connectivity index is 1.54. The van der Waals surface area contributed by atoms with Gasteiger partial charge in [-0.3, -0.25) is 10.9 Å². The Hall–Kier alpha value is -2.90. The molecule has 0 bridgehead atoms. The SMILES string of the molecule is Clc1ccc(/C=N/Nc2nnc(N/N=C/c3ccc(Cl)cc3Cl)c3ccccc23)c(Cl)c1. The molecule has 0 aliphatic heterocycles. The van der Waals surface area contributed by atoms with Gasteiger partial charge in [-0.1, -0.05) is 82.8 Å². The Morgan fingerprint density at radius 2 is 1.06 bits per heavy atom. The maximum atomic E-state index is 6.17. The zero-order valence-corrected chi connectivity index (χ0v) is 19.3. The van der Waals surface area contributed by atoms with Crippen molar-refractivity contribution in [1.29, 1.82) is 0 Å². The lowest BCUT2D eigenvalue weighted by atomic mass is 10.2. The molecule has 4 aromatic rings. The summed E-state index contributed by atoms with van der Waals surface area (Å²) >= 11 is 24.2. The highest BCUT2D eigenvalue weighted by Crippen LogP contribution is 2.26. The van der Waals surface area contributed by atoms with Crippen LogP contribution in [0.5, 0.6) is 0 Å². The van der Waals surface area contributed by atoms with Crippen molar-refractivity contribution in [2.24, 2.45) is 10.2 Å². The third-order valence-corrected chi connectivity index (χ3v) is 5.49. The van der Waals surface area contributed by atoms with Gasteiger partial charge in [0.15, 0.2) is 11.6 Å². The number of hydrazone groups is 2. The molecule has 10 heteroatoms. The van der Waals surface area contributed by atoms with Crippen molar-refractivity contribution in [1.82, 2.24) is 10.2 Å². The van der Waals surface area contributed by atoms with E-state index in [2.05, 4.69) is 31.3 Å². The first-order valence-electron chi connectivity index (χ1n) is 9.25. The van der Waals surface area contributed by atoms with Crippen LogP contribution in [-0.2, 0) is 0 Å². The first-order valence-corrected chi connectivity index (χ1v) is 10.8. The van der Waals surface area contributed by atoms with E-state index in [1.54, 1.807) is 48.8 Å². The molecule has 3 aromatic carbocycles. The van der Waals surface area contributed by atoms with Crippen LogP contribution in [0.1, 0.15) is 11.1 Å². The summed E-state index contributed by atoms with van der Waals surface area (Å²) in [6, 6.07) is 17.9. The van der Waals surface area contributed by atoms with Gasteiger partial charge in [-0.2, -0.15) is 10.2 Å². The second kappa shape index (κ2) is 10.1. The summed E-state index contributed by atoms with van der Waals surface area (Å²) in [5.41, 5.74) is 7.25. The second-order valence-electron chi connectivity index (χ2n) is 6.51. The van der Waals surface area contributed by atoms with Gasteiger partial charge in [-0.05, 0) is 24.3 Å². The van der Waals surface area contributed by atoms with Crippen molar-refractivity contribution in [2.75, 3.05) is 10.9 Å². The molecule has 32 heavy (non-hydrogen) atoms.